The highest BCUT2D eigenvalue weighted by atomic mass is 32.2. The average molecular weight is 324 g/mol. The van der Waals surface area contributed by atoms with E-state index in [0.717, 1.165) is 15.8 Å². The van der Waals surface area contributed by atoms with E-state index in [-0.39, 0.29) is 16.8 Å². The number of hydrogen-bond acceptors (Lipinski definition) is 8. The summed E-state index contributed by atoms with van der Waals surface area (Å²) in [5, 5.41) is 3.39. The Morgan fingerprint density at radius 1 is 1.45 bits per heavy atom. The van der Waals surface area contributed by atoms with E-state index in [2.05, 4.69) is 9.69 Å². The van der Waals surface area contributed by atoms with Gasteiger partial charge in [-0.25, -0.2) is 12.7 Å². The number of nitrogen functional groups attached to an aromatic ring is 1. The predicted molar refractivity (Wildman–Crippen MR) is 78.6 cm³/mol. The van der Waals surface area contributed by atoms with Crippen molar-refractivity contribution in [1.82, 2.24) is 8.68 Å². The molecule has 0 saturated heterocycles. The monoisotopic (exact) mass is 324 g/mol. The van der Waals surface area contributed by atoms with Gasteiger partial charge in [0.25, 0.3) is 0 Å². The van der Waals surface area contributed by atoms with Crippen LogP contribution in [0.25, 0.3) is 0 Å². The van der Waals surface area contributed by atoms with Crippen LogP contribution in [0.4, 0.5) is 10.8 Å². The van der Waals surface area contributed by atoms with E-state index in [0.29, 0.717) is 18.2 Å². The molecule has 1 unspecified atom stereocenters. The number of nitrogens with two attached hydrogens (primary N) is 1. The SMILES string of the molecule is COCC(CNc1snc(N)c1S(=O)(=O)N(C)C)OC. The third-order valence-corrected chi connectivity index (χ3v) is 5.43. The van der Waals surface area contributed by atoms with Crippen LogP contribution in [-0.2, 0) is 19.5 Å². The Bertz CT molecular complexity index is 529. The lowest BCUT2D eigenvalue weighted by Gasteiger charge is -2.16. The number of anilines is 2. The second-order valence-electron chi connectivity index (χ2n) is 4.21. The molecular weight excluding hydrogens is 304 g/mol. The normalized spacial score (nSPS) is 13.7. The maximum absolute atomic E-state index is 12.2. The molecule has 8 nitrogen and oxygen atoms in total. The Hall–Kier alpha value is -0.940. The molecule has 1 aromatic heterocycles. The van der Waals surface area contributed by atoms with E-state index in [1.165, 1.54) is 14.1 Å². The quantitative estimate of drug-likeness (QED) is 0.695. The second kappa shape index (κ2) is 7.18. The summed E-state index contributed by atoms with van der Waals surface area (Å²) in [4.78, 5) is -0.000213. The van der Waals surface area contributed by atoms with Crippen LogP contribution in [0, 0.1) is 0 Å². The van der Waals surface area contributed by atoms with Gasteiger partial charge in [0.2, 0.25) is 10.0 Å². The van der Waals surface area contributed by atoms with Crippen LogP contribution in [-0.4, -0.2) is 64.7 Å². The Kier molecular flexibility index (Phi) is 6.14. The molecule has 3 N–H and O–H groups in total. The van der Waals surface area contributed by atoms with Gasteiger partial charge in [0.05, 0.1) is 12.7 Å². The zero-order chi connectivity index (χ0) is 15.3. The van der Waals surface area contributed by atoms with Gasteiger partial charge < -0.3 is 20.5 Å². The van der Waals surface area contributed by atoms with E-state index in [1.807, 2.05) is 0 Å². The first-order valence-electron chi connectivity index (χ1n) is 5.77. The zero-order valence-corrected chi connectivity index (χ0v) is 13.5. The van der Waals surface area contributed by atoms with Gasteiger partial charge in [-0.1, -0.05) is 0 Å². The number of rotatable bonds is 8. The molecule has 1 aromatic rings. The molecule has 0 aromatic carbocycles. The fourth-order valence-corrected chi connectivity index (χ4v) is 3.52. The number of nitrogens with one attached hydrogen (secondary N) is 1. The molecule has 0 fully saturated rings. The van der Waals surface area contributed by atoms with Crippen molar-refractivity contribution in [2.24, 2.45) is 0 Å². The van der Waals surface area contributed by atoms with Crippen LogP contribution in [0.15, 0.2) is 4.90 Å². The molecule has 0 saturated carbocycles. The zero-order valence-electron chi connectivity index (χ0n) is 11.9. The van der Waals surface area contributed by atoms with Crippen molar-refractivity contribution in [2.45, 2.75) is 11.0 Å². The first kappa shape index (κ1) is 17.1. The van der Waals surface area contributed by atoms with Gasteiger partial charge in [0.1, 0.15) is 5.00 Å². The molecule has 0 aliphatic carbocycles. The van der Waals surface area contributed by atoms with Gasteiger partial charge >= 0.3 is 0 Å². The second-order valence-corrected chi connectivity index (χ2v) is 7.07. The molecule has 0 spiro atoms. The topological polar surface area (TPSA) is 107 Å². The van der Waals surface area contributed by atoms with Gasteiger partial charge in [-0.05, 0) is 11.5 Å². The molecule has 10 heteroatoms. The van der Waals surface area contributed by atoms with Crippen molar-refractivity contribution < 1.29 is 17.9 Å². The van der Waals surface area contributed by atoms with Gasteiger partial charge in [-0.15, -0.1) is 0 Å². The van der Waals surface area contributed by atoms with Gasteiger partial charge in [0.15, 0.2) is 10.7 Å². The summed E-state index contributed by atoms with van der Waals surface area (Å²) in [7, 11) is 2.37. The highest BCUT2D eigenvalue weighted by Crippen LogP contribution is 2.32. The summed E-state index contributed by atoms with van der Waals surface area (Å²) < 4.78 is 39.6. The lowest BCUT2D eigenvalue weighted by Crippen LogP contribution is -2.28. The number of nitrogens with zero attached hydrogens (tertiary/aromatic N) is 2. The third-order valence-electron chi connectivity index (χ3n) is 2.59. The minimum absolute atomic E-state index is 0.000213. The molecule has 0 bridgehead atoms. The molecule has 0 aliphatic rings. The summed E-state index contributed by atoms with van der Waals surface area (Å²) >= 11 is 1.00. The fraction of sp³-hybridized carbons (Fsp3) is 0.700. The van der Waals surface area contributed by atoms with Gasteiger partial charge in [0, 0.05) is 34.9 Å². The Labute approximate surface area is 123 Å². The van der Waals surface area contributed by atoms with Gasteiger partial charge in [-0.2, -0.15) is 4.37 Å². The van der Waals surface area contributed by atoms with E-state index in [4.69, 9.17) is 15.2 Å². The molecule has 1 heterocycles. The number of sulfonamides is 1. The predicted octanol–water partition coefficient (Wildman–Crippen LogP) is 0.0489. The maximum atomic E-state index is 12.2. The summed E-state index contributed by atoms with van der Waals surface area (Å²) in [6.45, 7) is 0.787. The fourth-order valence-electron chi connectivity index (χ4n) is 1.44. The lowest BCUT2D eigenvalue weighted by atomic mass is 10.4. The molecule has 1 atom stereocenters. The summed E-state index contributed by atoms with van der Waals surface area (Å²) in [5.74, 6) is -0.00749. The van der Waals surface area contributed by atoms with Crippen LogP contribution in [0.2, 0.25) is 0 Å². The molecule has 0 aliphatic heterocycles. The molecule has 1 rings (SSSR count). The van der Waals surface area contributed by atoms with Crippen LogP contribution in [0.5, 0.6) is 0 Å². The first-order valence-corrected chi connectivity index (χ1v) is 7.99. The van der Waals surface area contributed by atoms with Crippen LogP contribution < -0.4 is 11.1 Å². The highest BCUT2D eigenvalue weighted by Gasteiger charge is 2.27. The summed E-state index contributed by atoms with van der Waals surface area (Å²) in [6.07, 6.45) is -0.196. The average Bonchev–Trinajstić information content (AvgIpc) is 2.76. The van der Waals surface area contributed by atoms with Crippen LogP contribution >= 0.6 is 11.5 Å². The first-order chi connectivity index (χ1) is 9.34. The largest absolute Gasteiger partial charge is 0.382 e. The van der Waals surface area contributed by atoms with Crippen LogP contribution in [0.1, 0.15) is 0 Å². The maximum Gasteiger partial charge on any atom is 0.249 e. The van der Waals surface area contributed by atoms with Crippen molar-refractivity contribution >= 4 is 32.4 Å². The highest BCUT2D eigenvalue weighted by molar-refractivity contribution is 7.89. The van der Waals surface area contributed by atoms with Crippen molar-refractivity contribution in [3.8, 4) is 0 Å². The van der Waals surface area contributed by atoms with Crippen LogP contribution in [0.3, 0.4) is 0 Å². The summed E-state index contributed by atoms with van der Waals surface area (Å²) in [5.41, 5.74) is 5.66. The molecule has 20 heavy (non-hydrogen) atoms. The van der Waals surface area contributed by atoms with E-state index in [1.54, 1.807) is 14.2 Å². The van der Waals surface area contributed by atoms with E-state index >= 15 is 0 Å². The Balaban J connectivity index is 2.93. The number of ether oxygens (including phenoxy) is 2. The Morgan fingerprint density at radius 2 is 2.10 bits per heavy atom. The van der Waals surface area contributed by atoms with Crippen molar-refractivity contribution in [2.75, 3.05) is 52.5 Å². The Morgan fingerprint density at radius 3 is 2.60 bits per heavy atom. The van der Waals surface area contributed by atoms with Gasteiger partial charge in [-0.3, -0.25) is 0 Å². The minimum atomic E-state index is -3.64. The number of aromatic nitrogens is 1. The standard InChI is InChI=1S/C10H20N4O4S2/c1-14(2)20(15,16)8-9(11)13-19-10(8)12-5-7(18-4)6-17-3/h7,12H,5-6H2,1-4H3,(H2,11,13). The van der Waals surface area contributed by atoms with Crippen molar-refractivity contribution in [3.63, 3.8) is 0 Å². The number of methoxy groups -OCH3 is 2. The third kappa shape index (κ3) is 3.79. The van der Waals surface area contributed by atoms with E-state index in [9.17, 15) is 8.42 Å². The number of hydrogen-bond donors (Lipinski definition) is 2. The molecule has 0 amide bonds. The summed E-state index contributed by atoms with van der Waals surface area (Å²) in [6, 6.07) is 0. The van der Waals surface area contributed by atoms with Crippen molar-refractivity contribution in [1.29, 1.82) is 0 Å². The smallest absolute Gasteiger partial charge is 0.249 e. The minimum Gasteiger partial charge on any atom is -0.382 e. The van der Waals surface area contributed by atoms with Crippen molar-refractivity contribution in [3.05, 3.63) is 0 Å². The lowest BCUT2D eigenvalue weighted by molar-refractivity contribution is 0.0366. The molecule has 0 radical (unpaired) electrons. The molecular formula is C10H20N4O4S2. The molecule has 116 valence electrons. The van der Waals surface area contributed by atoms with E-state index < -0.39 is 10.0 Å².